The fourth-order valence-corrected chi connectivity index (χ4v) is 1.23. The second kappa shape index (κ2) is 7.41. The van der Waals surface area contributed by atoms with Crippen LogP contribution in [0.25, 0.3) is 0 Å². The Bertz CT molecular complexity index is 126. The molecule has 0 aliphatic carbocycles. The van der Waals surface area contributed by atoms with Gasteiger partial charge in [0.15, 0.2) is 0 Å². The average Bonchev–Trinajstić information content (AvgIpc) is 1.97. The quantitative estimate of drug-likeness (QED) is 0.474. The Morgan fingerprint density at radius 3 is 2.58 bits per heavy atom. The van der Waals surface area contributed by atoms with Crippen LogP contribution in [0.5, 0.6) is 0 Å². The molecule has 0 radical (unpaired) electrons. The number of unbranched alkanes of at least 4 members (excludes halogenated alkanes) is 3. The van der Waals surface area contributed by atoms with Crippen molar-refractivity contribution < 1.29 is 9.53 Å². The van der Waals surface area contributed by atoms with E-state index in [1.54, 1.807) is 0 Å². The van der Waals surface area contributed by atoms with Gasteiger partial charge in [0.1, 0.15) is 6.10 Å². The van der Waals surface area contributed by atoms with E-state index in [-0.39, 0.29) is 6.10 Å². The molecule has 0 bridgehead atoms. The standard InChI is InChI=1S/C9H17ClO2/c1-3-4-5-6-7-8(2)12-9(10)11/h8H,3-7H2,1-2H3. The normalized spacial score (nSPS) is 12.6. The Morgan fingerprint density at radius 1 is 1.42 bits per heavy atom. The van der Waals surface area contributed by atoms with Crippen molar-refractivity contribution in [1.29, 1.82) is 0 Å². The molecule has 1 unspecified atom stereocenters. The summed E-state index contributed by atoms with van der Waals surface area (Å²) >= 11 is 5.05. The van der Waals surface area contributed by atoms with Crippen LogP contribution in [-0.2, 0) is 4.74 Å². The van der Waals surface area contributed by atoms with Crippen LogP contribution in [-0.4, -0.2) is 11.5 Å². The highest BCUT2D eigenvalue weighted by atomic mass is 35.5. The molecule has 1 atom stereocenters. The van der Waals surface area contributed by atoms with Gasteiger partial charge in [-0.05, 0) is 19.8 Å². The van der Waals surface area contributed by atoms with Crippen molar-refractivity contribution in [3.05, 3.63) is 0 Å². The van der Waals surface area contributed by atoms with Crippen molar-refractivity contribution in [1.82, 2.24) is 0 Å². The van der Waals surface area contributed by atoms with Gasteiger partial charge in [0.25, 0.3) is 0 Å². The van der Waals surface area contributed by atoms with E-state index in [9.17, 15) is 4.79 Å². The summed E-state index contributed by atoms with van der Waals surface area (Å²) in [5.74, 6) is 0. The Kier molecular flexibility index (Phi) is 7.26. The summed E-state index contributed by atoms with van der Waals surface area (Å²) < 4.78 is 4.76. The van der Waals surface area contributed by atoms with Gasteiger partial charge >= 0.3 is 5.43 Å². The van der Waals surface area contributed by atoms with E-state index in [4.69, 9.17) is 16.3 Å². The van der Waals surface area contributed by atoms with Crippen molar-refractivity contribution in [2.75, 3.05) is 0 Å². The van der Waals surface area contributed by atoms with Gasteiger partial charge in [0.05, 0.1) is 0 Å². The highest BCUT2D eigenvalue weighted by Gasteiger charge is 2.05. The lowest BCUT2D eigenvalue weighted by Gasteiger charge is -2.09. The van der Waals surface area contributed by atoms with Gasteiger partial charge in [-0.1, -0.05) is 26.2 Å². The molecule has 0 aromatic heterocycles. The second-order valence-corrected chi connectivity index (χ2v) is 3.32. The number of carbonyl (C=O) groups is 1. The third-order valence-corrected chi connectivity index (χ3v) is 1.85. The lowest BCUT2D eigenvalue weighted by atomic mass is 10.1. The van der Waals surface area contributed by atoms with Gasteiger partial charge in [0.2, 0.25) is 0 Å². The van der Waals surface area contributed by atoms with E-state index in [1.165, 1.54) is 19.3 Å². The first-order chi connectivity index (χ1) is 5.66. The van der Waals surface area contributed by atoms with Crippen LogP contribution in [0.2, 0.25) is 0 Å². The zero-order chi connectivity index (χ0) is 9.40. The zero-order valence-electron chi connectivity index (χ0n) is 7.81. The number of ether oxygens (including phenoxy) is 1. The third kappa shape index (κ3) is 7.86. The number of halogens is 1. The predicted octanol–water partition coefficient (Wildman–Crippen LogP) is 3.72. The van der Waals surface area contributed by atoms with Crippen LogP contribution >= 0.6 is 11.6 Å². The van der Waals surface area contributed by atoms with Gasteiger partial charge in [-0.15, -0.1) is 0 Å². The topological polar surface area (TPSA) is 26.3 Å². The highest BCUT2D eigenvalue weighted by molar-refractivity contribution is 6.61. The first-order valence-corrected chi connectivity index (χ1v) is 4.90. The van der Waals surface area contributed by atoms with E-state index < -0.39 is 5.43 Å². The molecular weight excluding hydrogens is 176 g/mol. The maximum atomic E-state index is 10.3. The smallest absolute Gasteiger partial charge is 0.404 e. The van der Waals surface area contributed by atoms with Crippen molar-refractivity contribution in [2.45, 2.75) is 52.1 Å². The average molecular weight is 193 g/mol. The highest BCUT2D eigenvalue weighted by Crippen LogP contribution is 2.08. The summed E-state index contributed by atoms with van der Waals surface area (Å²) in [5.41, 5.74) is -0.696. The van der Waals surface area contributed by atoms with E-state index in [2.05, 4.69) is 6.92 Å². The maximum Gasteiger partial charge on any atom is 0.404 e. The molecule has 0 aliphatic rings. The molecule has 0 rings (SSSR count). The maximum absolute atomic E-state index is 10.3. The van der Waals surface area contributed by atoms with Crippen molar-refractivity contribution >= 4 is 17.0 Å². The minimum atomic E-state index is -0.696. The van der Waals surface area contributed by atoms with Crippen LogP contribution in [0, 0.1) is 0 Å². The first-order valence-electron chi connectivity index (χ1n) is 4.53. The fraction of sp³-hybridized carbons (Fsp3) is 0.889. The molecule has 0 aliphatic heterocycles. The lowest BCUT2D eigenvalue weighted by Crippen LogP contribution is -2.09. The summed E-state index contributed by atoms with van der Waals surface area (Å²) in [5, 5.41) is 0. The van der Waals surface area contributed by atoms with E-state index >= 15 is 0 Å². The summed E-state index contributed by atoms with van der Waals surface area (Å²) in [6, 6.07) is 0. The third-order valence-electron chi connectivity index (χ3n) is 1.76. The van der Waals surface area contributed by atoms with E-state index in [0.717, 1.165) is 12.8 Å². The predicted molar refractivity (Wildman–Crippen MR) is 50.6 cm³/mol. The van der Waals surface area contributed by atoms with Crippen LogP contribution in [0.4, 0.5) is 4.79 Å². The Morgan fingerprint density at radius 2 is 2.08 bits per heavy atom. The van der Waals surface area contributed by atoms with Crippen LogP contribution in [0.15, 0.2) is 0 Å². The minimum absolute atomic E-state index is 0.0353. The largest absolute Gasteiger partial charge is 0.451 e. The van der Waals surface area contributed by atoms with Gasteiger partial charge in [-0.3, -0.25) is 0 Å². The van der Waals surface area contributed by atoms with Gasteiger partial charge in [0, 0.05) is 11.6 Å². The fourth-order valence-electron chi connectivity index (χ4n) is 1.08. The van der Waals surface area contributed by atoms with Crippen LogP contribution < -0.4 is 0 Å². The SMILES string of the molecule is CCCCCCC(C)OC(=O)Cl. The van der Waals surface area contributed by atoms with Gasteiger partial charge in [-0.25, -0.2) is 4.79 Å². The molecule has 0 fully saturated rings. The van der Waals surface area contributed by atoms with E-state index in [1.807, 2.05) is 6.92 Å². The molecule has 0 aromatic rings. The summed E-state index contributed by atoms with van der Waals surface area (Å²) in [4.78, 5) is 10.3. The summed E-state index contributed by atoms with van der Waals surface area (Å²) in [7, 11) is 0. The first kappa shape index (κ1) is 11.8. The summed E-state index contributed by atoms with van der Waals surface area (Å²) in [6.07, 6.45) is 5.68. The van der Waals surface area contributed by atoms with E-state index in [0.29, 0.717) is 0 Å². The van der Waals surface area contributed by atoms with Crippen LogP contribution in [0.3, 0.4) is 0 Å². The molecule has 0 amide bonds. The molecule has 0 N–H and O–H groups in total. The Hall–Kier alpha value is -0.240. The van der Waals surface area contributed by atoms with Gasteiger partial charge < -0.3 is 4.74 Å². The Balaban J connectivity index is 3.19. The molecule has 0 saturated carbocycles. The van der Waals surface area contributed by atoms with Crippen molar-refractivity contribution in [3.8, 4) is 0 Å². The number of carbonyl (C=O) groups excluding carboxylic acids is 1. The van der Waals surface area contributed by atoms with Crippen molar-refractivity contribution in [3.63, 3.8) is 0 Å². The summed E-state index contributed by atoms with van der Waals surface area (Å²) in [6.45, 7) is 4.04. The molecular formula is C9H17ClO2. The molecule has 0 spiro atoms. The number of hydrogen-bond acceptors (Lipinski definition) is 2. The minimum Gasteiger partial charge on any atom is -0.451 e. The molecule has 2 nitrogen and oxygen atoms in total. The molecule has 12 heavy (non-hydrogen) atoms. The molecule has 0 saturated heterocycles. The lowest BCUT2D eigenvalue weighted by molar-refractivity contribution is 0.124. The number of rotatable bonds is 6. The monoisotopic (exact) mass is 192 g/mol. The van der Waals surface area contributed by atoms with Crippen LogP contribution in [0.1, 0.15) is 46.0 Å². The zero-order valence-corrected chi connectivity index (χ0v) is 8.56. The van der Waals surface area contributed by atoms with Crippen molar-refractivity contribution in [2.24, 2.45) is 0 Å². The molecule has 72 valence electrons. The molecule has 0 aromatic carbocycles. The second-order valence-electron chi connectivity index (χ2n) is 3.02. The Labute approximate surface area is 79.2 Å². The van der Waals surface area contributed by atoms with Gasteiger partial charge in [-0.2, -0.15) is 0 Å². The molecule has 3 heteroatoms. The number of hydrogen-bond donors (Lipinski definition) is 0. The molecule has 0 heterocycles.